The minimum absolute atomic E-state index is 0.0536. The minimum atomic E-state index is -0.572. The Morgan fingerprint density at radius 1 is 1.44 bits per heavy atom. The molecule has 104 valence electrons. The first-order valence-corrected chi connectivity index (χ1v) is 7.28. The van der Waals surface area contributed by atoms with Crippen LogP contribution < -0.4 is 5.32 Å². The number of β-amino-alcohol motifs (C(OH)–C–C–N with tert-alkyl or cyclic N) is 1. The molecule has 0 spiro atoms. The molecule has 18 heavy (non-hydrogen) atoms. The number of nitrogens with zero attached hydrogens (tertiary/aromatic N) is 1. The monoisotopic (exact) mass is 254 g/mol. The number of rotatable bonds is 3. The number of nitrogens with one attached hydrogen (secondary N) is 1. The van der Waals surface area contributed by atoms with Crippen LogP contribution in [0.2, 0.25) is 0 Å². The molecular formula is C14H26N2O2. The summed E-state index contributed by atoms with van der Waals surface area (Å²) in [5.74, 6) is 0.855. The molecule has 1 atom stereocenters. The van der Waals surface area contributed by atoms with Crippen LogP contribution in [-0.4, -0.2) is 47.2 Å². The third-order valence-corrected chi connectivity index (χ3v) is 4.53. The zero-order valence-electron chi connectivity index (χ0n) is 11.6. The van der Waals surface area contributed by atoms with Crippen molar-refractivity contribution in [1.29, 1.82) is 0 Å². The normalized spacial score (nSPS) is 38.5. The van der Waals surface area contributed by atoms with E-state index in [4.69, 9.17) is 0 Å². The predicted molar refractivity (Wildman–Crippen MR) is 71.2 cm³/mol. The number of aliphatic hydroxyl groups is 1. The maximum Gasteiger partial charge on any atom is 0.237 e. The lowest BCUT2D eigenvalue weighted by Gasteiger charge is -2.42. The number of carbonyl (C=O) groups excluding carboxylic acids is 1. The van der Waals surface area contributed by atoms with E-state index < -0.39 is 5.60 Å². The van der Waals surface area contributed by atoms with E-state index in [1.165, 1.54) is 0 Å². The Labute approximate surface area is 110 Å². The van der Waals surface area contributed by atoms with Crippen molar-refractivity contribution in [3.8, 4) is 0 Å². The van der Waals surface area contributed by atoms with Gasteiger partial charge in [-0.15, -0.1) is 0 Å². The smallest absolute Gasteiger partial charge is 0.237 e. The Hall–Kier alpha value is -0.610. The fourth-order valence-corrected chi connectivity index (χ4v) is 3.23. The molecule has 1 saturated heterocycles. The number of hydrogen-bond acceptors (Lipinski definition) is 3. The van der Waals surface area contributed by atoms with Crippen LogP contribution in [0.4, 0.5) is 0 Å². The third kappa shape index (κ3) is 3.04. The second kappa shape index (κ2) is 5.57. The Bertz CT molecular complexity index is 298. The molecule has 4 nitrogen and oxygen atoms in total. The number of piperazine rings is 1. The Balaban J connectivity index is 1.96. The van der Waals surface area contributed by atoms with E-state index >= 15 is 0 Å². The molecule has 1 amide bonds. The number of carbonyl (C=O) groups is 1. The summed E-state index contributed by atoms with van der Waals surface area (Å²) >= 11 is 0. The highest BCUT2D eigenvalue weighted by Crippen LogP contribution is 2.33. The summed E-state index contributed by atoms with van der Waals surface area (Å²) in [4.78, 5) is 14.0. The fraction of sp³-hybridized carbons (Fsp3) is 0.929. The van der Waals surface area contributed by atoms with E-state index in [2.05, 4.69) is 17.1 Å². The van der Waals surface area contributed by atoms with Gasteiger partial charge in [-0.25, -0.2) is 0 Å². The molecule has 0 radical (unpaired) electrons. The van der Waals surface area contributed by atoms with Gasteiger partial charge >= 0.3 is 0 Å². The molecule has 2 rings (SSSR count). The Morgan fingerprint density at radius 2 is 2.11 bits per heavy atom. The fourth-order valence-electron chi connectivity index (χ4n) is 3.23. The highest BCUT2D eigenvalue weighted by molar-refractivity contribution is 5.82. The molecule has 4 heteroatoms. The van der Waals surface area contributed by atoms with E-state index in [0.717, 1.165) is 44.6 Å². The molecule has 1 heterocycles. The van der Waals surface area contributed by atoms with Crippen LogP contribution in [0.3, 0.4) is 0 Å². The first kappa shape index (κ1) is 13.8. The molecule has 0 aromatic carbocycles. The highest BCUT2D eigenvalue weighted by Gasteiger charge is 2.37. The van der Waals surface area contributed by atoms with Crippen molar-refractivity contribution in [1.82, 2.24) is 10.2 Å². The van der Waals surface area contributed by atoms with E-state index in [-0.39, 0.29) is 11.9 Å². The molecule has 1 aliphatic heterocycles. The van der Waals surface area contributed by atoms with Crippen LogP contribution >= 0.6 is 0 Å². The maximum atomic E-state index is 11.8. The van der Waals surface area contributed by atoms with Crippen LogP contribution in [0, 0.1) is 5.92 Å². The molecule has 0 aromatic rings. The number of hydrogen-bond donors (Lipinski definition) is 2. The van der Waals surface area contributed by atoms with Crippen molar-refractivity contribution < 1.29 is 9.90 Å². The first-order chi connectivity index (χ1) is 8.54. The Kier molecular flexibility index (Phi) is 4.28. The lowest BCUT2D eigenvalue weighted by molar-refractivity contribution is -0.131. The van der Waals surface area contributed by atoms with Crippen molar-refractivity contribution in [2.24, 2.45) is 5.92 Å². The standard InChI is InChI=1S/C14H26N2O2/c1-3-12-13(17)15-8-9-16(12)10-14(18)6-4-11(2)5-7-14/h11-12,18H,3-10H2,1-2H3,(H,15,17). The van der Waals surface area contributed by atoms with E-state index in [1.54, 1.807) is 0 Å². The summed E-state index contributed by atoms with van der Waals surface area (Å²) in [6.45, 7) is 6.52. The Morgan fingerprint density at radius 3 is 2.72 bits per heavy atom. The van der Waals surface area contributed by atoms with Crippen LogP contribution in [0.5, 0.6) is 0 Å². The van der Waals surface area contributed by atoms with Crippen LogP contribution in [0.15, 0.2) is 0 Å². The van der Waals surface area contributed by atoms with Gasteiger partial charge in [-0.1, -0.05) is 13.8 Å². The van der Waals surface area contributed by atoms with Crippen molar-refractivity contribution in [3.05, 3.63) is 0 Å². The first-order valence-electron chi connectivity index (χ1n) is 7.28. The summed E-state index contributed by atoms with van der Waals surface area (Å²) in [5, 5.41) is 13.6. The molecule has 2 N–H and O–H groups in total. The minimum Gasteiger partial charge on any atom is -0.389 e. The molecule has 2 fully saturated rings. The van der Waals surface area contributed by atoms with Crippen molar-refractivity contribution in [2.45, 2.75) is 57.6 Å². The maximum absolute atomic E-state index is 11.8. The molecule has 1 unspecified atom stereocenters. The van der Waals surface area contributed by atoms with Gasteiger partial charge in [-0.05, 0) is 38.0 Å². The largest absolute Gasteiger partial charge is 0.389 e. The van der Waals surface area contributed by atoms with Crippen molar-refractivity contribution in [2.75, 3.05) is 19.6 Å². The van der Waals surface area contributed by atoms with Gasteiger partial charge in [0.1, 0.15) is 0 Å². The van der Waals surface area contributed by atoms with Gasteiger partial charge < -0.3 is 10.4 Å². The third-order valence-electron chi connectivity index (χ3n) is 4.53. The zero-order valence-corrected chi connectivity index (χ0v) is 11.6. The van der Waals surface area contributed by atoms with Gasteiger partial charge in [-0.3, -0.25) is 9.69 Å². The molecule has 0 bridgehead atoms. The van der Waals surface area contributed by atoms with Crippen LogP contribution in [-0.2, 0) is 4.79 Å². The molecule has 0 aromatic heterocycles. The predicted octanol–water partition coefficient (Wildman–Crippen LogP) is 1.14. The van der Waals surface area contributed by atoms with Gasteiger partial charge in [0, 0.05) is 19.6 Å². The summed E-state index contributed by atoms with van der Waals surface area (Å²) in [6, 6.07) is -0.0536. The average Bonchev–Trinajstić information content (AvgIpc) is 2.34. The van der Waals surface area contributed by atoms with E-state index in [9.17, 15) is 9.90 Å². The zero-order chi connectivity index (χ0) is 13.2. The van der Waals surface area contributed by atoms with Crippen molar-refractivity contribution >= 4 is 5.91 Å². The second-order valence-corrected chi connectivity index (χ2v) is 6.09. The molecular weight excluding hydrogens is 228 g/mol. The van der Waals surface area contributed by atoms with Gasteiger partial charge in [0.2, 0.25) is 5.91 Å². The summed E-state index contributed by atoms with van der Waals surface area (Å²) in [7, 11) is 0. The lowest BCUT2D eigenvalue weighted by atomic mass is 9.79. The SMILES string of the molecule is CCC1C(=O)NCCN1CC1(O)CCC(C)CC1. The summed E-state index contributed by atoms with van der Waals surface area (Å²) < 4.78 is 0. The molecule has 1 aliphatic carbocycles. The van der Waals surface area contributed by atoms with Gasteiger partial charge in [-0.2, -0.15) is 0 Å². The van der Waals surface area contributed by atoms with Crippen LogP contribution in [0.1, 0.15) is 46.0 Å². The molecule has 1 saturated carbocycles. The lowest BCUT2D eigenvalue weighted by Crippen LogP contribution is -2.59. The summed E-state index contributed by atoms with van der Waals surface area (Å²) in [5.41, 5.74) is -0.572. The van der Waals surface area contributed by atoms with Gasteiger partial charge in [0.15, 0.2) is 0 Å². The highest BCUT2D eigenvalue weighted by atomic mass is 16.3. The second-order valence-electron chi connectivity index (χ2n) is 6.09. The number of amides is 1. The topological polar surface area (TPSA) is 52.6 Å². The van der Waals surface area contributed by atoms with Crippen LogP contribution in [0.25, 0.3) is 0 Å². The van der Waals surface area contributed by atoms with Gasteiger partial charge in [0.05, 0.1) is 11.6 Å². The van der Waals surface area contributed by atoms with Crippen molar-refractivity contribution in [3.63, 3.8) is 0 Å². The molecule has 2 aliphatic rings. The average molecular weight is 254 g/mol. The van der Waals surface area contributed by atoms with E-state index in [0.29, 0.717) is 13.1 Å². The van der Waals surface area contributed by atoms with Gasteiger partial charge in [0.25, 0.3) is 0 Å². The summed E-state index contributed by atoms with van der Waals surface area (Å²) in [6.07, 6.45) is 4.78. The van der Waals surface area contributed by atoms with E-state index in [1.807, 2.05) is 6.92 Å². The quantitative estimate of drug-likeness (QED) is 0.794.